The van der Waals surface area contributed by atoms with E-state index in [4.69, 9.17) is 0 Å². The highest BCUT2D eigenvalue weighted by Gasteiger charge is 2.20. The summed E-state index contributed by atoms with van der Waals surface area (Å²) < 4.78 is 0. The minimum Gasteiger partial charge on any atom is -0.481 e. The van der Waals surface area contributed by atoms with E-state index in [9.17, 15) is 9.90 Å². The molecule has 1 aromatic rings. The lowest BCUT2D eigenvalue weighted by atomic mass is 10.1. The van der Waals surface area contributed by atoms with Gasteiger partial charge in [0.05, 0.1) is 5.92 Å². The second-order valence-electron chi connectivity index (χ2n) is 6.47. The molecule has 22 heavy (non-hydrogen) atoms. The van der Waals surface area contributed by atoms with Crippen molar-refractivity contribution in [1.29, 1.82) is 0 Å². The van der Waals surface area contributed by atoms with Crippen LogP contribution < -0.4 is 4.90 Å². The SMILES string of the molecule is Cc1cccc(C)c1N(CCN1CCCC1)CC(C)C(=O)O. The third-order valence-electron chi connectivity index (χ3n) is 4.56. The molecule has 0 bridgehead atoms. The first kappa shape index (κ1) is 16.8. The number of carboxylic acid groups (broad SMARTS) is 1. The van der Waals surface area contributed by atoms with E-state index in [1.165, 1.54) is 42.7 Å². The number of aryl methyl sites for hydroxylation is 2. The Morgan fingerprint density at radius 2 is 1.86 bits per heavy atom. The lowest BCUT2D eigenvalue weighted by molar-refractivity contribution is -0.140. The molecule has 122 valence electrons. The van der Waals surface area contributed by atoms with Gasteiger partial charge in [-0.1, -0.05) is 25.1 Å². The van der Waals surface area contributed by atoms with Gasteiger partial charge in [-0.2, -0.15) is 0 Å². The van der Waals surface area contributed by atoms with E-state index in [1.807, 2.05) is 0 Å². The van der Waals surface area contributed by atoms with Crippen molar-refractivity contribution in [1.82, 2.24) is 4.90 Å². The van der Waals surface area contributed by atoms with Gasteiger partial charge in [-0.25, -0.2) is 0 Å². The van der Waals surface area contributed by atoms with Crippen LogP contribution in [-0.2, 0) is 4.79 Å². The average molecular weight is 304 g/mol. The molecule has 0 aromatic heterocycles. The van der Waals surface area contributed by atoms with Crippen molar-refractivity contribution in [2.45, 2.75) is 33.6 Å². The van der Waals surface area contributed by atoms with Gasteiger partial charge in [-0.3, -0.25) is 4.79 Å². The number of hydrogen-bond donors (Lipinski definition) is 1. The standard InChI is InChI=1S/C18H28N2O2/c1-14-7-6-8-15(2)17(14)20(13-16(3)18(21)22)12-11-19-9-4-5-10-19/h6-8,16H,4-5,9-13H2,1-3H3,(H,21,22). The molecule has 1 aliphatic heterocycles. The van der Waals surface area contributed by atoms with Crippen LogP contribution in [0.4, 0.5) is 5.69 Å². The number of para-hydroxylation sites is 1. The van der Waals surface area contributed by atoms with E-state index in [0.717, 1.165) is 13.1 Å². The van der Waals surface area contributed by atoms with Gasteiger partial charge in [0, 0.05) is 25.3 Å². The lowest BCUT2D eigenvalue weighted by Crippen LogP contribution is -2.38. The summed E-state index contributed by atoms with van der Waals surface area (Å²) in [6, 6.07) is 6.28. The van der Waals surface area contributed by atoms with E-state index >= 15 is 0 Å². The molecule has 4 heteroatoms. The molecule has 1 N–H and O–H groups in total. The van der Waals surface area contributed by atoms with Crippen molar-refractivity contribution in [3.63, 3.8) is 0 Å². The number of likely N-dealkylation sites (tertiary alicyclic amines) is 1. The number of carboxylic acids is 1. The summed E-state index contributed by atoms with van der Waals surface area (Å²) in [6.07, 6.45) is 2.57. The van der Waals surface area contributed by atoms with E-state index in [0.29, 0.717) is 6.54 Å². The predicted molar refractivity (Wildman–Crippen MR) is 90.6 cm³/mol. The predicted octanol–water partition coefficient (Wildman–Crippen LogP) is 2.93. The van der Waals surface area contributed by atoms with Crippen molar-refractivity contribution in [3.8, 4) is 0 Å². The maximum atomic E-state index is 11.3. The molecule has 2 rings (SSSR count). The fraction of sp³-hybridized carbons (Fsp3) is 0.611. The minimum absolute atomic E-state index is 0.363. The number of aliphatic carboxylic acids is 1. The number of benzene rings is 1. The van der Waals surface area contributed by atoms with Gasteiger partial charge in [-0.15, -0.1) is 0 Å². The molecular weight excluding hydrogens is 276 g/mol. The molecular formula is C18H28N2O2. The summed E-state index contributed by atoms with van der Waals surface area (Å²) in [5, 5.41) is 9.26. The maximum Gasteiger partial charge on any atom is 0.308 e. The Bertz CT molecular complexity index is 490. The molecule has 4 nitrogen and oxygen atoms in total. The fourth-order valence-electron chi connectivity index (χ4n) is 3.28. The molecule has 0 radical (unpaired) electrons. The number of rotatable bonds is 7. The van der Waals surface area contributed by atoms with Gasteiger partial charge < -0.3 is 14.9 Å². The number of anilines is 1. The highest BCUT2D eigenvalue weighted by molar-refractivity contribution is 5.71. The minimum atomic E-state index is -0.725. The molecule has 1 saturated heterocycles. The maximum absolute atomic E-state index is 11.3. The van der Waals surface area contributed by atoms with Crippen LogP contribution in [0, 0.1) is 19.8 Å². The third-order valence-corrected chi connectivity index (χ3v) is 4.56. The highest BCUT2D eigenvalue weighted by Crippen LogP contribution is 2.25. The van der Waals surface area contributed by atoms with Crippen LogP contribution in [0.3, 0.4) is 0 Å². The van der Waals surface area contributed by atoms with Crippen molar-refractivity contribution in [2.24, 2.45) is 5.92 Å². The molecule has 1 atom stereocenters. The zero-order chi connectivity index (χ0) is 16.1. The summed E-state index contributed by atoms with van der Waals surface area (Å²) in [6.45, 7) is 10.8. The van der Waals surface area contributed by atoms with Crippen LogP contribution >= 0.6 is 0 Å². The molecule has 1 aliphatic rings. The zero-order valence-corrected chi connectivity index (χ0v) is 14.0. The van der Waals surface area contributed by atoms with Crippen molar-refractivity contribution in [2.75, 3.05) is 37.6 Å². The Hall–Kier alpha value is -1.55. The topological polar surface area (TPSA) is 43.8 Å². The van der Waals surface area contributed by atoms with Crippen molar-refractivity contribution >= 4 is 11.7 Å². The van der Waals surface area contributed by atoms with Gasteiger partial charge in [0.15, 0.2) is 0 Å². The molecule has 0 aliphatic carbocycles. The van der Waals surface area contributed by atoms with Gasteiger partial charge in [0.2, 0.25) is 0 Å². The van der Waals surface area contributed by atoms with Crippen molar-refractivity contribution < 1.29 is 9.90 Å². The van der Waals surface area contributed by atoms with Crippen LogP contribution in [-0.4, -0.2) is 48.7 Å². The molecule has 1 heterocycles. The first-order valence-electron chi connectivity index (χ1n) is 8.25. The van der Waals surface area contributed by atoms with Gasteiger partial charge >= 0.3 is 5.97 Å². The van der Waals surface area contributed by atoms with Gasteiger partial charge in [0.1, 0.15) is 0 Å². The molecule has 0 spiro atoms. The van der Waals surface area contributed by atoms with Crippen LogP contribution in [0.2, 0.25) is 0 Å². The Labute approximate surface area is 133 Å². The summed E-state index contributed by atoms with van der Waals surface area (Å²) >= 11 is 0. The van der Waals surface area contributed by atoms with Crippen LogP contribution in [0.15, 0.2) is 18.2 Å². The largest absolute Gasteiger partial charge is 0.481 e. The van der Waals surface area contributed by atoms with E-state index in [-0.39, 0.29) is 5.92 Å². The quantitative estimate of drug-likeness (QED) is 0.841. The Balaban J connectivity index is 2.14. The third kappa shape index (κ3) is 4.23. The summed E-state index contributed by atoms with van der Waals surface area (Å²) in [4.78, 5) is 16.0. The first-order valence-corrected chi connectivity index (χ1v) is 8.25. The smallest absolute Gasteiger partial charge is 0.308 e. The monoisotopic (exact) mass is 304 g/mol. The Kier molecular flexibility index (Phi) is 5.83. The van der Waals surface area contributed by atoms with E-state index in [2.05, 4.69) is 41.8 Å². The number of hydrogen-bond acceptors (Lipinski definition) is 3. The van der Waals surface area contributed by atoms with Crippen LogP contribution in [0.1, 0.15) is 30.9 Å². The van der Waals surface area contributed by atoms with Crippen molar-refractivity contribution in [3.05, 3.63) is 29.3 Å². The van der Waals surface area contributed by atoms with E-state index < -0.39 is 5.97 Å². The van der Waals surface area contributed by atoms with Gasteiger partial charge in [-0.05, 0) is 50.9 Å². The van der Waals surface area contributed by atoms with Crippen LogP contribution in [0.25, 0.3) is 0 Å². The molecule has 1 fully saturated rings. The molecule has 0 amide bonds. The highest BCUT2D eigenvalue weighted by atomic mass is 16.4. The molecule has 1 unspecified atom stereocenters. The Morgan fingerprint density at radius 1 is 1.27 bits per heavy atom. The lowest BCUT2D eigenvalue weighted by Gasteiger charge is -2.31. The van der Waals surface area contributed by atoms with Gasteiger partial charge in [0.25, 0.3) is 0 Å². The zero-order valence-electron chi connectivity index (χ0n) is 14.0. The summed E-state index contributed by atoms with van der Waals surface area (Å²) in [5.41, 5.74) is 3.65. The normalized spacial score (nSPS) is 16.7. The Morgan fingerprint density at radius 3 is 2.41 bits per heavy atom. The molecule has 0 saturated carbocycles. The summed E-state index contributed by atoms with van der Waals surface area (Å²) in [7, 11) is 0. The number of carbonyl (C=O) groups is 1. The number of nitrogens with zero attached hydrogens (tertiary/aromatic N) is 2. The van der Waals surface area contributed by atoms with Crippen LogP contribution in [0.5, 0.6) is 0 Å². The second kappa shape index (κ2) is 7.63. The van der Waals surface area contributed by atoms with E-state index in [1.54, 1.807) is 6.92 Å². The summed E-state index contributed by atoms with van der Waals surface area (Å²) in [5.74, 6) is -1.09. The fourth-order valence-corrected chi connectivity index (χ4v) is 3.28. The second-order valence-corrected chi connectivity index (χ2v) is 6.47. The molecule has 1 aromatic carbocycles. The average Bonchev–Trinajstić information content (AvgIpc) is 2.97. The first-order chi connectivity index (χ1) is 10.5.